The minimum atomic E-state index is -1.55. The second kappa shape index (κ2) is 7.26. The summed E-state index contributed by atoms with van der Waals surface area (Å²) < 4.78 is 25.0. The average Bonchev–Trinajstić information content (AvgIpc) is 2.88. The average molecular weight is 342 g/mol. The number of rotatable bonds is 6. The molecule has 0 aromatic rings. The lowest BCUT2D eigenvalue weighted by molar-refractivity contribution is -0.152. The summed E-state index contributed by atoms with van der Waals surface area (Å²) >= 11 is 0. The molecule has 1 aliphatic carbocycles. The molecule has 6 heteroatoms. The van der Waals surface area contributed by atoms with Gasteiger partial charge in [0, 0.05) is 46.4 Å². The van der Waals surface area contributed by atoms with Gasteiger partial charge in [0.25, 0.3) is 5.91 Å². The molecule has 0 radical (unpaired) electrons. The number of halogens is 1. The Balaban J connectivity index is 1.57. The highest BCUT2D eigenvalue weighted by Gasteiger charge is 2.50. The molecule has 1 unspecified atom stereocenters. The van der Waals surface area contributed by atoms with Crippen LogP contribution in [0.5, 0.6) is 0 Å². The predicted molar refractivity (Wildman–Crippen MR) is 89.7 cm³/mol. The van der Waals surface area contributed by atoms with E-state index in [1.807, 2.05) is 0 Å². The van der Waals surface area contributed by atoms with E-state index in [0.29, 0.717) is 32.0 Å². The van der Waals surface area contributed by atoms with Crippen LogP contribution in [0.1, 0.15) is 38.5 Å². The topological polar surface area (TPSA) is 42.0 Å². The van der Waals surface area contributed by atoms with Gasteiger partial charge in [-0.3, -0.25) is 9.69 Å². The Morgan fingerprint density at radius 3 is 2.42 bits per heavy atom. The van der Waals surface area contributed by atoms with E-state index in [-0.39, 0.29) is 11.3 Å². The Morgan fingerprint density at radius 2 is 1.88 bits per heavy atom. The molecule has 0 aromatic carbocycles. The van der Waals surface area contributed by atoms with Crippen molar-refractivity contribution in [3.8, 4) is 0 Å². The van der Waals surface area contributed by atoms with Crippen molar-refractivity contribution in [1.82, 2.24) is 9.80 Å². The lowest BCUT2D eigenvalue weighted by atomic mass is 9.75. The lowest BCUT2D eigenvalue weighted by Crippen LogP contribution is -2.54. The maximum absolute atomic E-state index is 14.4. The van der Waals surface area contributed by atoms with Crippen molar-refractivity contribution in [3.05, 3.63) is 0 Å². The fourth-order valence-electron chi connectivity index (χ4n) is 4.61. The number of likely N-dealkylation sites (tertiary alicyclic amines) is 2. The van der Waals surface area contributed by atoms with Gasteiger partial charge in [-0.05, 0) is 43.9 Å². The van der Waals surface area contributed by atoms with Gasteiger partial charge in [0.1, 0.15) is 0 Å². The molecule has 1 spiro atoms. The number of hydrogen-bond acceptors (Lipinski definition) is 4. The number of amides is 1. The number of carbonyl (C=O) groups excluding carboxylic acids is 1. The van der Waals surface area contributed by atoms with E-state index < -0.39 is 5.67 Å². The summed E-state index contributed by atoms with van der Waals surface area (Å²) in [5.74, 6) is -0.258. The molecule has 0 N–H and O–H groups in total. The minimum Gasteiger partial charge on any atom is -0.383 e. The van der Waals surface area contributed by atoms with Gasteiger partial charge in [-0.25, -0.2) is 4.39 Å². The highest BCUT2D eigenvalue weighted by molar-refractivity contribution is 5.86. The molecular weight excluding hydrogens is 311 g/mol. The molecule has 1 atom stereocenters. The van der Waals surface area contributed by atoms with Crippen molar-refractivity contribution < 1.29 is 18.7 Å². The second-order valence-electron chi connectivity index (χ2n) is 7.89. The van der Waals surface area contributed by atoms with E-state index in [1.54, 1.807) is 19.1 Å². The quantitative estimate of drug-likeness (QED) is 0.739. The molecule has 138 valence electrons. The first-order chi connectivity index (χ1) is 11.5. The highest BCUT2D eigenvalue weighted by Crippen LogP contribution is 2.45. The molecule has 0 bridgehead atoms. The van der Waals surface area contributed by atoms with Gasteiger partial charge in [0.15, 0.2) is 5.67 Å². The van der Waals surface area contributed by atoms with E-state index in [4.69, 9.17) is 9.47 Å². The van der Waals surface area contributed by atoms with Crippen LogP contribution in [-0.2, 0) is 14.3 Å². The number of carbonyl (C=O) groups is 1. The summed E-state index contributed by atoms with van der Waals surface area (Å²) in [5.41, 5.74) is -1.31. The van der Waals surface area contributed by atoms with E-state index in [2.05, 4.69) is 4.90 Å². The maximum atomic E-state index is 14.4. The van der Waals surface area contributed by atoms with E-state index in [0.717, 1.165) is 52.0 Å². The van der Waals surface area contributed by atoms with Crippen molar-refractivity contribution >= 4 is 5.91 Å². The molecule has 24 heavy (non-hydrogen) atoms. The molecule has 2 aliphatic heterocycles. The van der Waals surface area contributed by atoms with Crippen LogP contribution in [0.15, 0.2) is 0 Å². The fourth-order valence-corrected chi connectivity index (χ4v) is 4.61. The van der Waals surface area contributed by atoms with Crippen LogP contribution in [0.2, 0.25) is 0 Å². The zero-order valence-electron chi connectivity index (χ0n) is 15.1. The van der Waals surface area contributed by atoms with Gasteiger partial charge in [0.05, 0.1) is 13.2 Å². The van der Waals surface area contributed by atoms with Crippen molar-refractivity contribution in [2.24, 2.45) is 5.41 Å². The molecule has 0 aromatic heterocycles. The Bertz CT molecular complexity index is 448. The zero-order valence-corrected chi connectivity index (χ0v) is 15.1. The maximum Gasteiger partial charge on any atom is 0.260 e. The van der Waals surface area contributed by atoms with Gasteiger partial charge in [-0.1, -0.05) is 0 Å². The number of hydrogen-bond donors (Lipinski definition) is 0. The van der Waals surface area contributed by atoms with E-state index >= 15 is 0 Å². The molecule has 5 nitrogen and oxygen atoms in total. The summed E-state index contributed by atoms with van der Waals surface area (Å²) in [6, 6.07) is 0.423. The molecule has 1 amide bonds. The summed E-state index contributed by atoms with van der Waals surface area (Å²) in [5, 5.41) is 0. The number of nitrogens with zero attached hydrogens (tertiary/aromatic N) is 2. The summed E-state index contributed by atoms with van der Waals surface area (Å²) in [6.07, 6.45) is 4.71. The number of alkyl halides is 1. The smallest absolute Gasteiger partial charge is 0.260 e. The van der Waals surface area contributed by atoms with Crippen LogP contribution in [-0.4, -0.2) is 81.0 Å². The Kier molecular flexibility index (Phi) is 5.47. The minimum absolute atomic E-state index is 0.247. The third-order valence-electron chi connectivity index (χ3n) is 6.31. The molecule has 2 heterocycles. The predicted octanol–water partition coefficient (Wildman–Crippen LogP) is 1.85. The molecule has 1 saturated carbocycles. The molecule has 2 saturated heterocycles. The van der Waals surface area contributed by atoms with Gasteiger partial charge >= 0.3 is 0 Å². The first-order valence-corrected chi connectivity index (χ1v) is 9.22. The molecule has 3 fully saturated rings. The van der Waals surface area contributed by atoms with Crippen molar-refractivity contribution in [2.45, 2.75) is 50.2 Å². The van der Waals surface area contributed by atoms with Gasteiger partial charge in [-0.2, -0.15) is 0 Å². The number of ether oxygens (including phenoxy) is 2. The monoisotopic (exact) mass is 342 g/mol. The van der Waals surface area contributed by atoms with Gasteiger partial charge < -0.3 is 14.4 Å². The Morgan fingerprint density at radius 1 is 1.17 bits per heavy atom. The Hall–Kier alpha value is -0.720. The van der Waals surface area contributed by atoms with Crippen LogP contribution < -0.4 is 0 Å². The summed E-state index contributed by atoms with van der Waals surface area (Å²) in [6.45, 7) is 4.81. The molecule has 3 aliphatic rings. The third-order valence-corrected chi connectivity index (χ3v) is 6.31. The van der Waals surface area contributed by atoms with Crippen LogP contribution in [0, 0.1) is 5.41 Å². The summed E-state index contributed by atoms with van der Waals surface area (Å²) in [4.78, 5) is 16.6. The van der Waals surface area contributed by atoms with Gasteiger partial charge in [0.2, 0.25) is 0 Å². The molecule has 3 rings (SSSR count). The van der Waals surface area contributed by atoms with Crippen molar-refractivity contribution in [2.75, 3.05) is 53.6 Å². The normalized spacial score (nSPS) is 29.0. The zero-order chi connectivity index (χ0) is 17.2. The van der Waals surface area contributed by atoms with Crippen molar-refractivity contribution in [3.63, 3.8) is 0 Å². The SMILES string of the molecule is COCCN1CC2(CCN(C(=O)C3(F)CCC3)CC2)CC1COC. The number of methoxy groups -OCH3 is 2. The largest absolute Gasteiger partial charge is 0.383 e. The van der Waals surface area contributed by atoms with E-state index in [9.17, 15) is 9.18 Å². The van der Waals surface area contributed by atoms with Crippen molar-refractivity contribution in [1.29, 1.82) is 0 Å². The Labute approximate surface area is 144 Å². The first kappa shape index (κ1) is 18.1. The second-order valence-corrected chi connectivity index (χ2v) is 7.89. The molecular formula is C18H31FN2O3. The standard InChI is InChI=1S/C18H31FN2O3/c1-23-11-10-21-14-17(12-15(21)13-24-2)6-8-20(9-7-17)16(22)18(19)4-3-5-18/h15H,3-14H2,1-2H3. The fraction of sp³-hybridized carbons (Fsp3) is 0.944. The first-order valence-electron chi connectivity index (χ1n) is 9.22. The van der Waals surface area contributed by atoms with Crippen LogP contribution in [0.25, 0.3) is 0 Å². The summed E-state index contributed by atoms with van der Waals surface area (Å²) in [7, 11) is 3.48. The van der Waals surface area contributed by atoms with Crippen LogP contribution in [0.3, 0.4) is 0 Å². The highest BCUT2D eigenvalue weighted by atomic mass is 19.1. The number of piperidine rings is 1. The van der Waals surface area contributed by atoms with Crippen LogP contribution in [0.4, 0.5) is 4.39 Å². The van der Waals surface area contributed by atoms with E-state index in [1.165, 1.54) is 0 Å². The lowest BCUT2D eigenvalue weighted by Gasteiger charge is -2.43. The third kappa shape index (κ3) is 3.46. The van der Waals surface area contributed by atoms with Gasteiger partial charge in [-0.15, -0.1) is 0 Å². The van der Waals surface area contributed by atoms with Crippen LogP contribution >= 0.6 is 0 Å².